The molecule has 108 valence electrons. The fourth-order valence-electron chi connectivity index (χ4n) is 3.06. The van der Waals surface area contributed by atoms with E-state index < -0.39 is 0 Å². The maximum atomic E-state index is 12.9. The molecule has 4 heteroatoms. The van der Waals surface area contributed by atoms with Gasteiger partial charge in [0.15, 0.2) is 0 Å². The number of nitrogen functional groups attached to an aromatic ring is 1. The second kappa shape index (κ2) is 5.56. The van der Waals surface area contributed by atoms with Gasteiger partial charge in [0.2, 0.25) is 0 Å². The second-order valence-corrected chi connectivity index (χ2v) is 5.48. The molecule has 1 fully saturated rings. The number of hydrogen-bond donors (Lipinski definition) is 1. The van der Waals surface area contributed by atoms with E-state index in [1.807, 2.05) is 42.3 Å². The summed E-state index contributed by atoms with van der Waals surface area (Å²) >= 11 is 0. The Kier molecular flexibility index (Phi) is 3.60. The summed E-state index contributed by atoms with van der Waals surface area (Å²) in [5.74, 6) is 0.0250. The van der Waals surface area contributed by atoms with E-state index in [0.717, 1.165) is 30.5 Å². The first-order valence-corrected chi connectivity index (χ1v) is 7.24. The van der Waals surface area contributed by atoms with Crippen molar-refractivity contribution in [1.29, 1.82) is 0 Å². The molecule has 1 aliphatic rings. The molecule has 1 unspecified atom stereocenters. The lowest BCUT2D eigenvalue weighted by Gasteiger charge is -2.26. The molecule has 0 saturated carbocycles. The number of benzene rings is 1. The van der Waals surface area contributed by atoms with Crippen molar-refractivity contribution in [3.05, 3.63) is 59.4 Å². The molecule has 1 aliphatic heterocycles. The van der Waals surface area contributed by atoms with Crippen LogP contribution in [0, 0.1) is 6.92 Å². The Morgan fingerprint density at radius 2 is 2.19 bits per heavy atom. The standard InChI is InChI=1S/C17H19N3O/c1-12-5-2-7-14(18)16(12)17(21)20-10-4-8-15(20)13-6-3-9-19-11-13/h2-3,5-7,9,11,15H,4,8,10,18H2,1H3. The van der Waals surface area contributed by atoms with E-state index in [4.69, 9.17) is 5.73 Å². The van der Waals surface area contributed by atoms with Crippen molar-refractivity contribution in [3.8, 4) is 0 Å². The summed E-state index contributed by atoms with van der Waals surface area (Å²) in [6.45, 7) is 2.70. The van der Waals surface area contributed by atoms with Gasteiger partial charge < -0.3 is 10.6 Å². The molecule has 2 N–H and O–H groups in total. The van der Waals surface area contributed by atoms with Gasteiger partial charge in [0.25, 0.3) is 5.91 Å². The fourth-order valence-corrected chi connectivity index (χ4v) is 3.06. The van der Waals surface area contributed by atoms with Gasteiger partial charge in [-0.05, 0) is 43.0 Å². The van der Waals surface area contributed by atoms with E-state index in [1.165, 1.54) is 0 Å². The number of carbonyl (C=O) groups is 1. The van der Waals surface area contributed by atoms with E-state index in [2.05, 4.69) is 4.98 Å². The van der Waals surface area contributed by atoms with Crippen LogP contribution < -0.4 is 5.73 Å². The van der Waals surface area contributed by atoms with Crippen LogP contribution in [0.1, 0.15) is 40.4 Å². The van der Waals surface area contributed by atoms with Crippen LogP contribution in [0.5, 0.6) is 0 Å². The van der Waals surface area contributed by atoms with Crippen LogP contribution >= 0.6 is 0 Å². The third-order valence-electron chi connectivity index (χ3n) is 4.10. The highest BCUT2D eigenvalue weighted by Gasteiger charge is 2.32. The Hall–Kier alpha value is -2.36. The molecule has 0 radical (unpaired) electrons. The molecular formula is C17H19N3O. The van der Waals surface area contributed by atoms with Crippen LogP contribution in [-0.2, 0) is 0 Å². The topological polar surface area (TPSA) is 59.2 Å². The van der Waals surface area contributed by atoms with Gasteiger partial charge in [0.1, 0.15) is 0 Å². The molecule has 0 spiro atoms. The Morgan fingerprint density at radius 1 is 1.33 bits per heavy atom. The van der Waals surface area contributed by atoms with Crippen LogP contribution in [0.15, 0.2) is 42.7 Å². The Balaban J connectivity index is 1.94. The van der Waals surface area contributed by atoms with Crippen molar-refractivity contribution in [2.24, 2.45) is 0 Å². The van der Waals surface area contributed by atoms with E-state index >= 15 is 0 Å². The average molecular weight is 281 g/mol. The highest BCUT2D eigenvalue weighted by molar-refractivity contribution is 6.00. The van der Waals surface area contributed by atoms with Crippen LogP contribution in [0.2, 0.25) is 0 Å². The second-order valence-electron chi connectivity index (χ2n) is 5.48. The lowest BCUT2D eigenvalue weighted by Crippen LogP contribution is -2.31. The fraction of sp³-hybridized carbons (Fsp3) is 0.294. The molecule has 1 aromatic carbocycles. The molecule has 1 amide bonds. The van der Waals surface area contributed by atoms with Crippen molar-refractivity contribution >= 4 is 11.6 Å². The minimum absolute atomic E-state index is 0.0250. The first kappa shape index (κ1) is 13.6. The zero-order valence-corrected chi connectivity index (χ0v) is 12.1. The van der Waals surface area contributed by atoms with Crippen molar-refractivity contribution in [3.63, 3.8) is 0 Å². The molecule has 0 aliphatic carbocycles. The Morgan fingerprint density at radius 3 is 2.90 bits per heavy atom. The number of anilines is 1. The van der Waals surface area contributed by atoms with Gasteiger partial charge in [0, 0.05) is 24.6 Å². The monoisotopic (exact) mass is 281 g/mol. The molecule has 1 saturated heterocycles. The lowest BCUT2D eigenvalue weighted by atomic mass is 10.0. The lowest BCUT2D eigenvalue weighted by molar-refractivity contribution is 0.0736. The Bertz CT molecular complexity index is 634. The number of nitrogens with two attached hydrogens (primary N) is 1. The molecule has 2 heterocycles. The van der Waals surface area contributed by atoms with Crippen LogP contribution in [0.3, 0.4) is 0 Å². The average Bonchev–Trinajstić information content (AvgIpc) is 2.97. The van der Waals surface area contributed by atoms with Crippen LogP contribution in [-0.4, -0.2) is 22.3 Å². The summed E-state index contributed by atoms with van der Waals surface area (Å²) in [7, 11) is 0. The van der Waals surface area contributed by atoms with E-state index in [-0.39, 0.29) is 11.9 Å². The van der Waals surface area contributed by atoms with Gasteiger partial charge in [-0.2, -0.15) is 0 Å². The van der Waals surface area contributed by atoms with Crippen molar-refractivity contribution < 1.29 is 4.79 Å². The predicted octanol–water partition coefficient (Wildman–Crippen LogP) is 2.95. The van der Waals surface area contributed by atoms with Gasteiger partial charge in [-0.3, -0.25) is 9.78 Å². The normalized spacial score (nSPS) is 18.0. The third kappa shape index (κ3) is 2.49. The SMILES string of the molecule is Cc1cccc(N)c1C(=O)N1CCCC1c1cccnc1. The van der Waals surface area contributed by atoms with Crippen molar-refractivity contribution in [1.82, 2.24) is 9.88 Å². The largest absolute Gasteiger partial charge is 0.398 e. The van der Waals surface area contributed by atoms with Gasteiger partial charge in [-0.1, -0.05) is 18.2 Å². The van der Waals surface area contributed by atoms with Gasteiger partial charge in [-0.15, -0.1) is 0 Å². The quantitative estimate of drug-likeness (QED) is 0.861. The number of amides is 1. The van der Waals surface area contributed by atoms with Crippen molar-refractivity contribution in [2.75, 3.05) is 12.3 Å². The summed E-state index contributed by atoms with van der Waals surface area (Å²) in [4.78, 5) is 19.0. The smallest absolute Gasteiger partial charge is 0.256 e. The van der Waals surface area contributed by atoms with Gasteiger partial charge in [0.05, 0.1) is 11.6 Å². The number of nitrogens with zero attached hydrogens (tertiary/aromatic N) is 2. The predicted molar refractivity (Wildman–Crippen MR) is 82.8 cm³/mol. The van der Waals surface area contributed by atoms with Crippen LogP contribution in [0.4, 0.5) is 5.69 Å². The number of rotatable bonds is 2. The molecule has 1 aromatic heterocycles. The molecule has 3 rings (SSSR count). The summed E-state index contributed by atoms with van der Waals surface area (Å²) in [5, 5.41) is 0. The zero-order chi connectivity index (χ0) is 14.8. The number of aromatic nitrogens is 1. The van der Waals surface area contributed by atoms with E-state index in [1.54, 1.807) is 12.3 Å². The maximum absolute atomic E-state index is 12.9. The van der Waals surface area contributed by atoms with Crippen LogP contribution in [0.25, 0.3) is 0 Å². The highest BCUT2D eigenvalue weighted by Crippen LogP contribution is 2.34. The summed E-state index contributed by atoms with van der Waals surface area (Å²) in [5.41, 5.74) is 9.22. The minimum atomic E-state index is 0.0250. The number of aryl methyl sites for hydroxylation is 1. The first-order valence-electron chi connectivity index (χ1n) is 7.24. The zero-order valence-electron chi connectivity index (χ0n) is 12.1. The van der Waals surface area contributed by atoms with Gasteiger partial charge >= 0.3 is 0 Å². The number of pyridine rings is 1. The third-order valence-corrected chi connectivity index (χ3v) is 4.10. The maximum Gasteiger partial charge on any atom is 0.256 e. The van der Waals surface area contributed by atoms with Crippen molar-refractivity contribution in [2.45, 2.75) is 25.8 Å². The van der Waals surface area contributed by atoms with E-state index in [0.29, 0.717) is 11.3 Å². The van der Waals surface area contributed by atoms with E-state index in [9.17, 15) is 4.79 Å². The molecular weight excluding hydrogens is 262 g/mol. The first-order chi connectivity index (χ1) is 10.2. The molecule has 2 aromatic rings. The number of likely N-dealkylation sites (tertiary alicyclic amines) is 1. The molecule has 0 bridgehead atoms. The van der Waals surface area contributed by atoms with Gasteiger partial charge in [-0.25, -0.2) is 0 Å². The summed E-state index contributed by atoms with van der Waals surface area (Å²) < 4.78 is 0. The summed E-state index contributed by atoms with van der Waals surface area (Å²) in [6, 6.07) is 9.64. The molecule has 21 heavy (non-hydrogen) atoms. The number of hydrogen-bond acceptors (Lipinski definition) is 3. The molecule has 1 atom stereocenters. The minimum Gasteiger partial charge on any atom is -0.398 e. The Labute approximate surface area is 124 Å². The molecule has 4 nitrogen and oxygen atoms in total. The highest BCUT2D eigenvalue weighted by atomic mass is 16.2. The summed E-state index contributed by atoms with van der Waals surface area (Å²) in [6.07, 6.45) is 5.59. The number of carbonyl (C=O) groups excluding carboxylic acids is 1.